The molecule has 0 aliphatic heterocycles. The lowest BCUT2D eigenvalue weighted by molar-refractivity contribution is 0.567. The highest BCUT2D eigenvalue weighted by molar-refractivity contribution is 6.15. The van der Waals surface area contributed by atoms with E-state index in [9.17, 15) is 0 Å². The third-order valence-electron chi connectivity index (χ3n) is 9.38. The van der Waals surface area contributed by atoms with Crippen molar-refractivity contribution in [2.75, 3.05) is 0 Å². The minimum Gasteiger partial charge on any atom is -0.455 e. The summed E-state index contributed by atoms with van der Waals surface area (Å²) in [6.07, 6.45) is 12.9. The number of benzene rings is 5. The summed E-state index contributed by atoms with van der Waals surface area (Å²) in [6.45, 7) is 0. The quantitative estimate of drug-likeness (QED) is 0.196. The van der Waals surface area contributed by atoms with E-state index in [-0.39, 0.29) is 0 Å². The monoisotopic (exact) mass is 605 g/mol. The van der Waals surface area contributed by atoms with Gasteiger partial charge in [0.15, 0.2) is 17.5 Å². The SMILES string of the molecule is C1=CC2=CC(c3cccc(-c4ccc(-c5nc(-c6ccccc6)nc(-c6ccccc6)n5)c5c4oc4ccccc45)c3)=CCC2CC1. The van der Waals surface area contributed by atoms with Crippen LogP contribution in [0.1, 0.15) is 24.8 Å². The Balaban J connectivity index is 1.23. The number of furan rings is 1. The number of hydrogen-bond acceptors (Lipinski definition) is 4. The van der Waals surface area contributed by atoms with Crippen LogP contribution in [0, 0.1) is 5.92 Å². The van der Waals surface area contributed by atoms with E-state index in [1.54, 1.807) is 0 Å². The van der Waals surface area contributed by atoms with Crippen LogP contribution in [-0.4, -0.2) is 15.0 Å². The van der Waals surface area contributed by atoms with Gasteiger partial charge in [0, 0.05) is 33.0 Å². The van der Waals surface area contributed by atoms with Gasteiger partial charge in [-0.15, -0.1) is 0 Å². The molecule has 0 amide bonds. The highest BCUT2D eigenvalue weighted by Crippen LogP contribution is 2.42. The first-order chi connectivity index (χ1) is 23.3. The predicted molar refractivity (Wildman–Crippen MR) is 191 cm³/mol. The summed E-state index contributed by atoms with van der Waals surface area (Å²) in [5, 5.41) is 2.04. The van der Waals surface area contributed by atoms with Gasteiger partial charge in [0.2, 0.25) is 0 Å². The summed E-state index contributed by atoms with van der Waals surface area (Å²) in [6, 6.07) is 41.6. The standard InChI is InChI=1S/C43H31N3O/c1-3-13-29(14-4-1)41-44-42(30-15-5-2-6-16-30)46-43(45-41)37-25-24-35(40-39(37)36-20-9-10-21-38(36)47-40)34-19-11-18-32(27-34)33-23-22-28-12-7-8-17-31(28)26-33/h1-6,8-11,13-21,23-28H,7,12,22H2. The van der Waals surface area contributed by atoms with Gasteiger partial charge >= 0.3 is 0 Å². The van der Waals surface area contributed by atoms with Gasteiger partial charge in [0.25, 0.3) is 0 Å². The van der Waals surface area contributed by atoms with Crippen LogP contribution in [0.15, 0.2) is 156 Å². The lowest BCUT2D eigenvalue weighted by Gasteiger charge is -2.24. The van der Waals surface area contributed by atoms with Crippen molar-refractivity contribution in [3.63, 3.8) is 0 Å². The molecule has 224 valence electrons. The van der Waals surface area contributed by atoms with E-state index in [0.29, 0.717) is 23.4 Å². The van der Waals surface area contributed by atoms with Gasteiger partial charge in [-0.25, -0.2) is 15.0 Å². The lowest BCUT2D eigenvalue weighted by atomic mass is 9.80. The van der Waals surface area contributed by atoms with Gasteiger partial charge in [-0.3, -0.25) is 0 Å². The van der Waals surface area contributed by atoms with Crippen molar-refractivity contribution in [2.45, 2.75) is 19.3 Å². The average Bonchev–Trinajstić information content (AvgIpc) is 3.55. The Kier molecular flexibility index (Phi) is 6.71. The van der Waals surface area contributed by atoms with Crippen LogP contribution in [0.3, 0.4) is 0 Å². The van der Waals surface area contributed by atoms with E-state index >= 15 is 0 Å². The van der Waals surface area contributed by atoms with Crippen molar-refractivity contribution in [1.29, 1.82) is 0 Å². The largest absolute Gasteiger partial charge is 0.455 e. The molecule has 2 aromatic heterocycles. The molecule has 0 saturated carbocycles. The smallest absolute Gasteiger partial charge is 0.164 e. The van der Waals surface area contributed by atoms with Crippen molar-refractivity contribution in [1.82, 2.24) is 15.0 Å². The molecule has 0 spiro atoms. The highest BCUT2D eigenvalue weighted by atomic mass is 16.3. The van der Waals surface area contributed by atoms with Crippen LogP contribution in [0.25, 0.3) is 72.8 Å². The molecule has 9 rings (SSSR count). The van der Waals surface area contributed by atoms with Gasteiger partial charge < -0.3 is 4.42 Å². The van der Waals surface area contributed by atoms with E-state index in [4.69, 9.17) is 19.4 Å². The lowest BCUT2D eigenvalue weighted by Crippen LogP contribution is -2.08. The van der Waals surface area contributed by atoms with Crippen molar-refractivity contribution in [3.05, 3.63) is 157 Å². The van der Waals surface area contributed by atoms with Crippen LogP contribution < -0.4 is 0 Å². The second-order valence-electron chi connectivity index (χ2n) is 12.3. The van der Waals surface area contributed by atoms with E-state index in [1.807, 2.05) is 72.8 Å². The Morgan fingerprint density at radius 3 is 2.04 bits per heavy atom. The number of para-hydroxylation sites is 1. The topological polar surface area (TPSA) is 51.8 Å². The van der Waals surface area contributed by atoms with Crippen molar-refractivity contribution in [2.24, 2.45) is 5.92 Å². The van der Waals surface area contributed by atoms with Crippen LogP contribution >= 0.6 is 0 Å². The maximum atomic E-state index is 6.68. The van der Waals surface area contributed by atoms with E-state index < -0.39 is 0 Å². The summed E-state index contributed by atoms with van der Waals surface area (Å²) in [4.78, 5) is 15.0. The maximum absolute atomic E-state index is 6.68. The molecule has 0 saturated heterocycles. The van der Waals surface area contributed by atoms with Crippen molar-refractivity contribution in [3.8, 4) is 45.3 Å². The molecular formula is C43H31N3O. The first-order valence-electron chi connectivity index (χ1n) is 16.3. The van der Waals surface area contributed by atoms with E-state index in [1.165, 1.54) is 29.6 Å². The fourth-order valence-electron chi connectivity index (χ4n) is 6.99. The third kappa shape index (κ3) is 4.99. The number of rotatable bonds is 5. The van der Waals surface area contributed by atoms with Crippen LogP contribution in [0.4, 0.5) is 0 Å². The molecule has 4 nitrogen and oxygen atoms in total. The Morgan fingerprint density at radius 1 is 0.596 bits per heavy atom. The zero-order chi connectivity index (χ0) is 31.2. The van der Waals surface area contributed by atoms with Gasteiger partial charge in [-0.1, -0.05) is 121 Å². The van der Waals surface area contributed by atoms with Crippen molar-refractivity contribution >= 4 is 27.5 Å². The van der Waals surface area contributed by atoms with Gasteiger partial charge in [-0.05, 0) is 71.7 Å². The molecule has 4 heteroatoms. The predicted octanol–water partition coefficient (Wildman–Crippen LogP) is 11.1. The van der Waals surface area contributed by atoms with Crippen molar-refractivity contribution < 1.29 is 4.42 Å². The Labute approximate surface area is 273 Å². The minimum atomic E-state index is 0.614. The molecular weight excluding hydrogens is 574 g/mol. The molecule has 0 radical (unpaired) electrons. The van der Waals surface area contributed by atoms with Gasteiger partial charge in [0.05, 0.1) is 0 Å². The molecule has 1 unspecified atom stereocenters. The Morgan fingerprint density at radius 2 is 1.26 bits per heavy atom. The summed E-state index contributed by atoms with van der Waals surface area (Å²) in [5.74, 6) is 2.53. The van der Waals surface area contributed by atoms with Gasteiger partial charge in [0.1, 0.15) is 11.2 Å². The summed E-state index contributed by atoms with van der Waals surface area (Å²) in [7, 11) is 0. The number of hydrogen-bond donors (Lipinski definition) is 0. The summed E-state index contributed by atoms with van der Waals surface area (Å²) >= 11 is 0. The normalized spacial score (nSPS) is 15.8. The number of allylic oxidation sites excluding steroid dienone is 6. The maximum Gasteiger partial charge on any atom is 0.164 e. The number of fused-ring (bicyclic) bond motifs is 4. The summed E-state index contributed by atoms with van der Waals surface area (Å²) < 4.78 is 6.68. The van der Waals surface area contributed by atoms with Gasteiger partial charge in [-0.2, -0.15) is 0 Å². The molecule has 47 heavy (non-hydrogen) atoms. The first kappa shape index (κ1) is 27.4. The molecule has 2 heterocycles. The zero-order valence-corrected chi connectivity index (χ0v) is 25.8. The third-order valence-corrected chi connectivity index (χ3v) is 9.38. The van der Waals surface area contributed by atoms with E-state index in [0.717, 1.165) is 56.2 Å². The van der Waals surface area contributed by atoms with Crippen LogP contribution in [0.2, 0.25) is 0 Å². The molecule has 2 aliphatic rings. The fraction of sp³-hybridized carbons (Fsp3) is 0.0930. The fourth-order valence-corrected chi connectivity index (χ4v) is 6.99. The second-order valence-corrected chi connectivity index (χ2v) is 12.3. The van der Waals surface area contributed by atoms with E-state index in [2.05, 4.69) is 72.8 Å². The molecule has 5 aromatic carbocycles. The molecule has 1 atom stereocenters. The first-order valence-corrected chi connectivity index (χ1v) is 16.3. The zero-order valence-electron chi connectivity index (χ0n) is 25.8. The molecule has 0 N–H and O–H groups in total. The molecule has 2 aliphatic carbocycles. The second kappa shape index (κ2) is 11.5. The molecule has 0 fully saturated rings. The molecule has 0 bridgehead atoms. The highest BCUT2D eigenvalue weighted by Gasteiger charge is 2.22. The number of aromatic nitrogens is 3. The van der Waals surface area contributed by atoms with Crippen LogP contribution in [0.5, 0.6) is 0 Å². The van der Waals surface area contributed by atoms with Crippen LogP contribution in [-0.2, 0) is 0 Å². The Hall–Kier alpha value is -5.87. The molecule has 7 aromatic rings. The summed E-state index contributed by atoms with van der Waals surface area (Å²) in [5.41, 5.74) is 10.6. The minimum absolute atomic E-state index is 0.614. The average molecular weight is 606 g/mol. The number of nitrogens with zero attached hydrogens (tertiary/aromatic N) is 3. The Bertz CT molecular complexity index is 2320.